The molecular weight excluding hydrogens is 540 g/mol. The third kappa shape index (κ3) is 7.80. The SMILES string of the molecule is CCOc1cc([C@@H](C)N(CCO[C@@H](C)c2ccccc2)C(=O)N[C@]2(C(=O)O)C[C@@H](OCC)C2)cc(OCC)c1C(C)=O. The third-order valence-electron chi connectivity index (χ3n) is 7.53. The number of carbonyl (C=O) groups excluding carboxylic acids is 2. The van der Waals surface area contributed by atoms with Crippen molar-refractivity contribution in [2.24, 2.45) is 0 Å². The van der Waals surface area contributed by atoms with E-state index in [0.717, 1.165) is 5.56 Å². The van der Waals surface area contributed by atoms with Gasteiger partial charge in [-0.3, -0.25) is 4.79 Å². The van der Waals surface area contributed by atoms with Crippen molar-refractivity contribution in [1.29, 1.82) is 0 Å². The number of Topliss-reactive ketones (excluding diaryl/α,β-unsaturated/α-hetero) is 1. The first-order valence-electron chi connectivity index (χ1n) is 14.6. The van der Waals surface area contributed by atoms with Crippen molar-refractivity contribution in [3.63, 3.8) is 0 Å². The second kappa shape index (κ2) is 15.0. The van der Waals surface area contributed by atoms with E-state index in [4.69, 9.17) is 18.9 Å². The number of carbonyl (C=O) groups is 3. The van der Waals surface area contributed by atoms with Gasteiger partial charge in [-0.1, -0.05) is 30.3 Å². The van der Waals surface area contributed by atoms with Crippen LogP contribution >= 0.6 is 0 Å². The van der Waals surface area contributed by atoms with E-state index < -0.39 is 23.6 Å². The number of hydrogen-bond acceptors (Lipinski definition) is 7. The van der Waals surface area contributed by atoms with E-state index in [1.165, 1.54) is 6.92 Å². The molecule has 0 unspecified atom stereocenters. The minimum atomic E-state index is -1.42. The number of benzene rings is 2. The van der Waals surface area contributed by atoms with Crippen LogP contribution in [-0.2, 0) is 14.3 Å². The van der Waals surface area contributed by atoms with Gasteiger partial charge < -0.3 is 34.3 Å². The number of aliphatic carboxylic acids is 1. The van der Waals surface area contributed by atoms with Gasteiger partial charge in [-0.05, 0) is 64.8 Å². The first-order valence-corrected chi connectivity index (χ1v) is 14.6. The number of urea groups is 1. The monoisotopic (exact) mass is 584 g/mol. The van der Waals surface area contributed by atoms with E-state index in [0.29, 0.717) is 42.4 Å². The van der Waals surface area contributed by atoms with Crippen LogP contribution in [0.2, 0.25) is 0 Å². The molecule has 230 valence electrons. The van der Waals surface area contributed by atoms with Crippen LogP contribution in [0.15, 0.2) is 42.5 Å². The number of ketones is 1. The van der Waals surface area contributed by atoms with Crippen LogP contribution in [0.25, 0.3) is 0 Å². The van der Waals surface area contributed by atoms with Crippen molar-refractivity contribution in [2.45, 2.75) is 78.2 Å². The number of amides is 2. The first-order chi connectivity index (χ1) is 20.1. The number of carboxylic acids is 1. The van der Waals surface area contributed by atoms with E-state index >= 15 is 0 Å². The molecule has 1 fully saturated rings. The fourth-order valence-electron chi connectivity index (χ4n) is 5.21. The van der Waals surface area contributed by atoms with Crippen LogP contribution < -0.4 is 14.8 Å². The first kappa shape index (κ1) is 32.9. The van der Waals surface area contributed by atoms with Gasteiger partial charge in [-0.25, -0.2) is 9.59 Å². The lowest BCUT2D eigenvalue weighted by Gasteiger charge is -2.45. The summed E-state index contributed by atoms with van der Waals surface area (Å²) >= 11 is 0. The second-order valence-electron chi connectivity index (χ2n) is 10.4. The largest absolute Gasteiger partial charge is 0.493 e. The van der Waals surface area contributed by atoms with Gasteiger partial charge in [-0.2, -0.15) is 0 Å². The molecule has 10 heteroatoms. The van der Waals surface area contributed by atoms with Crippen LogP contribution in [0.4, 0.5) is 4.79 Å². The second-order valence-corrected chi connectivity index (χ2v) is 10.4. The van der Waals surface area contributed by atoms with Crippen LogP contribution in [0.5, 0.6) is 11.5 Å². The molecule has 0 saturated heterocycles. The number of nitrogens with zero attached hydrogens (tertiary/aromatic N) is 1. The Labute approximate surface area is 248 Å². The van der Waals surface area contributed by atoms with Gasteiger partial charge >= 0.3 is 12.0 Å². The van der Waals surface area contributed by atoms with Gasteiger partial charge in [0.15, 0.2) is 5.78 Å². The maximum Gasteiger partial charge on any atom is 0.329 e. The molecule has 0 spiro atoms. The lowest BCUT2D eigenvalue weighted by atomic mass is 9.74. The molecule has 0 radical (unpaired) electrons. The van der Waals surface area contributed by atoms with Crippen molar-refractivity contribution in [2.75, 3.05) is 33.0 Å². The zero-order valence-electron chi connectivity index (χ0n) is 25.5. The Kier molecular flexibility index (Phi) is 11.8. The van der Waals surface area contributed by atoms with Crippen molar-refractivity contribution >= 4 is 17.8 Å². The Morgan fingerprint density at radius 1 is 0.976 bits per heavy atom. The van der Waals surface area contributed by atoms with Gasteiger partial charge in [0.05, 0.1) is 38.1 Å². The molecule has 1 aliphatic carbocycles. The predicted octanol–water partition coefficient (Wildman–Crippen LogP) is 5.56. The third-order valence-corrected chi connectivity index (χ3v) is 7.53. The van der Waals surface area contributed by atoms with Crippen molar-refractivity contribution in [3.8, 4) is 11.5 Å². The molecule has 1 aliphatic rings. The molecule has 0 heterocycles. The molecule has 2 aromatic carbocycles. The average Bonchev–Trinajstić information content (AvgIpc) is 2.93. The molecule has 42 heavy (non-hydrogen) atoms. The molecule has 2 atom stereocenters. The quantitative estimate of drug-likeness (QED) is 0.246. The molecule has 0 aliphatic heterocycles. The molecule has 2 N–H and O–H groups in total. The summed E-state index contributed by atoms with van der Waals surface area (Å²) in [5.41, 5.74) is 0.596. The summed E-state index contributed by atoms with van der Waals surface area (Å²) in [6.07, 6.45) is -0.0718. The minimum Gasteiger partial charge on any atom is -0.493 e. The number of nitrogens with one attached hydrogen (secondary N) is 1. The smallest absolute Gasteiger partial charge is 0.329 e. The summed E-state index contributed by atoms with van der Waals surface area (Å²) in [4.78, 5) is 40.1. The number of rotatable bonds is 16. The predicted molar refractivity (Wildman–Crippen MR) is 158 cm³/mol. The molecule has 0 bridgehead atoms. The lowest BCUT2D eigenvalue weighted by molar-refractivity contribution is -0.156. The van der Waals surface area contributed by atoms with Gasteiger partial charge in [0.2, 0.25) is 0 Å². The molecule has 2 amide bonds. The maximum absolute atomic E-state index is 13.8. The van der Waals surface area contributed by atoms with Crippen molar-refractivity contribution < 1.29 is 38.4 Å². The highest BCUT2D eigenvalue weighted by molar-refractivity contribution is 6.00. The Morgan fingerprint density at radius 3 is 2.07 bits per heavy atom. The summed E-state index contributed by atoms with van der Waals surface area (Å²) in [5.74, 6) is -0.562. The molecule has 1 saturated carbocycles. The van der Waals surface area contributed by atoms with E-state index in [-0.39, 0.29) is 44.0 Å². The summed E-state index contributed by atoms with van der Waals surface area (Å²) < 4.78 is 23.3. The summed E-state index contributed by atoms with van der Waals surface area (Å²) in [5, 5.41) is 12.8. The topological polar surface area (TPSA) is 124 Å². The summed E-state index contributed by atoms with van der Waals surface area (Å²) in [6, 6.07) is 12.1. The molecule has 0 aromatic heterocycles. The molecule has 10 nitrogen and oxygen atoms in total. The van der Waals surface area contributed by atoms with Crippen molar-refractivity contribution in [3.05, 3.63) is 59.2 Å². The lowest BCUT2D eigenvalue weighted by Crippen LogP contribution is -2.66. The van der Waals surface area contributed by atoms with Crippen LogP contribution in [0, 0.1) is 0 Å². The summed E-state index contributed by atoms with van der Waals surface area (Å²) in [6.45, 7) is 12.2. The van der Waals surface area contributed by atoms with Crippen molar-refractivity contribution in [1.82, 2.24) is 10.2 Å². The molecule has 2 aromatic rings. The fraction of sp³-hybridized carbons (Fsp3) is 0.531. The van der Waals surface area contributed by atoms with E-state index in [1.54, 1.807) is 17.0 Å². The Hall–Kier alpha value is -3.63. The number of carboxylic acid groups (broad SMARTS) is 1. The molecule has 3 rings (SSSR count). The highest BCUT2D eigenvalue weighted by atomic mass is 16.5. The summed E-state index contributed by atoms with van der Waals surface area (Å²) in [7, 11) is 0. The minimum absolute atomic E-state index is 0.178. The van der Waals surface area contributed by atoms with Gasteiger partial charge in [0.25, 0.3) is 0 Å². The fourth-order valence-corrected chi connectivity index (χ4v) is 5.21. The Balaban J connectivity index is 1.92. The van der Waals surface area contributed by atoms with Crippen LogP contribution in [0.1, 0.15) is 88.0 Å². The Bertz CT molecular complexity index is 1190. The van der Waals surface area contributed by atoms with E-state index in [1.807, 2.05) is 65.0 Å². The zero-order valence-corrected chi connectivity index (χ0v) is 25.5. The highest BCUT2D eigenvalue weighted by Crippen LogP contribution is 2.38. The van der Waals surface area contributed by atoms with Crippen LogP contribution in [0.3, 0.4) is 0 Å². The number of ether oxygens (including phenoxy) is 4. The van der Waals surface area contributed by atoms with Gasteiger partial charge in [0, 0.05) is 26.0 Å². The molecular formula is C32H44N2O8. The Morgan fingerprint density at radius 2 is 1.57 bits per heavy atom. The van der Waals surface area contributed by atoms with Gasteiger partial charge in [-0.15, -0.1) is 0 Å². The van der Waals surface area contributed by atoms with E-state index in [9.17, 15) is 19.5 Å². The maximum atomic E-state index is 13.8. The van der Waals surface area contributed by atoms with Gasteiger partial charge in [0.1, 0.15) is 22.6 Å². The van der Waals surface area contributed by atoms with E-state index in [2.05, 4.69) is 5.32 Å². The normalized spacial score (nSPS) is 19.2. The number of hydrogen-bond donors (Lipinski definition) is 2. The zero-order chi connectivity index (χ0) is 30.9. The average molecular weight is 585 g/mol. The highest BCUT2D eigenvalue weighted by Gasteiger charge is 2.53. The van der Waals surface area contributed by atoms with Crippen LogP contribution in [-0.4, -0.2) is 72.4 Å². The standard InChI is InChI=1S/C32H44N2O8/c1-7-39-26-19-32(20-26,30(36)37)33-31(38)34(15-16-42-23(6)24-13-11-10-12-14-24)21(4)25-17-27(40-8-2)29(22(5)35)28(18-25)41-9-3/h10-14,17-18,21,23,26H,7-9,15-16,19-20H2,1-6H3,(H,33,38)(H,36,37)/t21-,23+,26-,32-/m1/s1.